The van der Waals surface area contributed by atoms with E-state index in [1.54, 1.807) is 6.07 Å². The van der Waals surface area contributed by atoms with Gasteiger partial charge in [-0.1, -0.05) is 41.9 Å². The minimum atomic E-state index is -0.929. The molecule has 2 aromatic heterocycles. The van der Waals surface area contributed by atoms with Crippen LogP contribution >= 0.6 is 23.4 Å². The smallest absolute Gasteiger partial charge is 0.296 e. The topological polar surface area (TPSA) is 100 Å². The van der Waals surface area contributed by atoms with Gasteiger partial charge >= 0.3 is 0 Å². The van der Waals surface area contributed by atoms with Crippen molar-refractivity contribution in [3.8, 4) is 17.3 Å². The van der Waals surface area contributed by atoms with E-state index in [2.05, 4.69) is 33.2 Å². The van der Waals surface area contributed by atoms with Crippen LogP contribution in [-0.4, -0.2) is 68.2 Å². The lowest BCUT2D eigenvalue weighted by molar-refractivity contribution is -0.00390. The standard InChI is InChI=1S/C22H22ClN3O4S/c23-15-9-16-21(26-22(24-16)30-18-11-29-17(10-27)20(18)28)25-19(15)14-3-1-12(2-4-14)13-5-7-31-8-6-13/h1-5,9,17-18,20,27-28H,6-8,10-11H2,(H,24,25,26). The first kappa shape index (κ1) is 20.8. The van der Waals surface area contributed by atoms with E-state index >= 15 is 0 Å². The number of halogens is 1. The molecule has 3 N–H and O–H groups in total. The lowest BCUT2D eigenvalue weighted by Crippen LogP contribution is -2.36. The molecule has 0 bridgehead atoms. The zero-order chi connectivity index (χ0) is 21.4. The molecule has 2 aliphatic rings. The maximum absolute atomic E-state index is 10.1. The van der Waals surface area contributed by atoms with Gasteiger partial charge in [-0.05, 0) is 29.4 Å². The van der Waals surface area contributed by atoms with Crippen molar-refractivity contribution in [1.29, 1.82) is 0 Å². The molecule has 162 valence electrons. The van der Waals surface area contributed by atoms with Gasteiger partial charge in [-0.3, -0.25) is 0 Å². The Morgan fingerprint density at radius 3 is 2.74 bits per heavy atom. The highest BCUT2D eigenvalue weighted by atomic mass is 35.5. The number of aromatic amines is 1. The van der Waals surface area contributed by atoms with Crippen molar-refractivity contribution in [2.24, 2.45) is 0 Å². The Labute approximate surface area is 188 Å². The summed E-state index contributed by atoms with van der Waals surface area (Å²) >= 11 is 8.47. The Morgan fingerprint density at radius 2 is 2.03 bits per heavy atom. The number of fused-ring (bicyclic) bond motifs is 1. The number of benzene rings is 1. The fraction of sp³-hybridized carbons (Fsp3) is 0.364. The molecule has 0 spiro atoms. The summed E-state index contributed by atoms with van der Waals surface area (Å²) in [6.45, 7) is -0.0962. The average molecular weight is 460 g/mol. The number of pyridine rings is 1. The van der Waals surface area contributed by atoms with Crippen LogP contribution in [0, 0.1) is 0 Å². The lowest BCUT2D eigenvalue weighted by Gasteiger charge is -2.15. The third-order valence-corrected chi connectivity index (χ3v) is 6.76. The fourth-order valence-electron chi connectivity index (χ4n) is 3.85. The molecule has 31 heavy (non-hydrogen) atoms. The maximum Gasteiger partial charge on any atom is 0.296 e. The summed E-state index contributed by atoms with van der Waals surface area (Å²) < 4.78 is 11.0. The molecule has 0 saturated carbocycles. The first-order valence-electron chi connectivity index (χ1n) is 10.1. The number of imidazole rings is 1. The quantitative estimate of drug-likeness (QED) is 0.538. The monoisotopic (exact) mass is 459 g/mol. The molecular weight excluding hydrogens is 438 g/mol. The maximum atomic E-state index is 10.1. The predicted octanol–water partition coefficient (Wildman–Crippen LogP) is 3.30. The summed E-state index contributed by atoms with van der Waals surface area (Å²) in [6, 6.07) is 10.3. The number of aliphatic hydroxyl groups excluding tert-OH is 2. The summed E-state index contributed by atoms with van der Waals surface area (Å²) in [5, 5.41) is 19.9. The Balaban J connectivity index is 1.39. The zero-order valence-corrected chi connectivity index (χ0v) is 18.2. The molecule has 9 heteroatoms. The normalized spacial score (nSPS) is 23.8. The number of aromatic nitrogens is 3. The van der Waals surface area contributed by atoms with Gasteiger partial charge in [-0.2, -0.15) is 16.7 Å². The largest absolute Gasteiger partial charge is 0.456 e. The predicted molar refractivity (Wildman–Crippen MR) is 122 cm³/mol. The van der Waals surface area contributed by atoms with Gasteiger partial charge in [-0.15, -0.1) is 0 Å². The first-order chi connectivity index (χ1) is 15.1. The van der Waals surface area contributed by atoms with Gasteiger partial charge in [0.05, 0.1) is 29.4 Å². The van der Waals surface area contributed by atoms with Gasteiger partial charge in [-0.25, -0.2) is 4.98 Å². The highest BCUT2D eigenvalue weighted by Gasteiger charge is 2.37. The van der Waals surface area contributed by atoms with Crippen LogP contribution in [0.25, 0.3) is 28.0 Å². The van der Waals surface area contributed by atoms with Crippen LogP contribution in [0.4, 0.5) is 0 Å². The molecule has 1 aromatic carbocycles. The molecule has 0 aliphatic carbocycles. The molecule has 3 unspecified atom stereocenters. The lowest BCUT2D eigenvalue weighted by atomic mass is 10.0. The minimum absolute atomic E-state index is 0.171. The van der Waals surface area contributed by atoms with Gasteiger partial charge in [0.15, 0.2) is 11.8 Å². The van der Waals surface area contributed by atoms with Crippen LogP contribution in [0.3, 0.4) is 0 Å². The fourth-order valence-corrected chi connectivity index (χ4v) is 4.96. The number of nitrogens with one attached hydrogen (secondary N) is 1. The van der Waals surface area contributed by atoms with Gasteiger partial charge in [0.1, 0.15) is 12.2 Å². The van der Waals surface area contributed by atoms with Crippen molar-refractivity contribution in [2.45, 2.75) is 24.7 Å². The number of rotatable bonds is 5. The van der Waals surface area contributed by atoms with E-state index < -0.39 is 18.3 Å². The molecular formula is C22H22ClN3O4S. The number of nitrogens with zero attached hydrogens (tertiary/aromatic N) is 2. The van der Waals surface area contributed by atoms with Gasteiger partial charge < -0.3 is 24.7 Å². The Hall–Kier alpha value is -2.10. The van der Waals surface area contributed by atoms with E-state index in [1.165, 1.54) is 11.1 Å². The Bertz CT molecular complexity index is 1120. The molecule has 5 rings (SSSR count). The number of ether oxygens (including phenoxy) is 2. The van der Waals surface area contributed by atoms with E-state index in [0.29, 0.717) is 21.9 Å². The minimum Gasteiger partial charge on any atom is -0.456 e. The molecule has 1 saturated heterocycles. The van der Waals surface area contributed by atoms with Crippen LogP contribution < -0.4 is 4.74 Å². The molecule has 4 heterocycles. The molecule has 0 amide bonds. The number of H-pyrrole nitrogens is 1. The number of thioether (sulfide) groups is 1. The van der Waals surface area contributed by atoms with E-state index in [-0.39, 0.29) is 19.2 Å². The van der Waals surface area contributed by atoms with Gasteiger partial charge in [0.25, 0.3) is 6.01 Å². The van der Waals surface area contributed by atoms with Crippen molar-refractivity contribution in [2.75, 3.05) is 24.7 Å². The molecule has 2 aliphatic heterocycles. The van der Waals surface area contributed by atoms with Crippen molar-refractivity contribution in [3.05, 3.63) is 47.0 Å². The van der Waals surface area contributed by atoms with Crippen LogP contribution in [0.2, 0.25) is 5.02 Å². The second-order valence-electron chi connectivity index (χ2n) is 7.56. The summed E-state index contributed by atoms with van der Waals surface area (Å²) in [5.41, 5.74) is 5.29. The van der Waals surface area contributed by atoms with E-state index in [4.69, 9.17) is 21.1 Å². The van der Waals surface area contributed by atoms with E-state index in [9.17, 15) is 10.2 Å². The van der Waals surface area contributed by atoms with Crippen LogP contribution in [-0.2, 0) is 4.74 Å². The highest BCUT2D eigenvalue weighted by molar-refractivity contribution is 7.99. The Morgan fingerprint density at radius 1 is 1.23 bits per heavy atom. The third kappa shape index (κ3) is 4.18. The molecule has 7 nitrogen and oxygen atoms in total. The third-order valence-electron chi connectivity index (χ3n) is 5.58. The van der Waals surface area contributed by atoms with Crippen LogP contribution in [0.1, 0.15) is 12.0 Å². The number of allylic oxidation sites excluding steroid dienone is 1. The van der Waals surface area contributed by atoms with Gasteiger partial charge in [0.2, 0.25) is 0 Å². The summed E-state index contributed by atoms with van der Waals surface area (Å²) in [7, 11) is 0. The summed E-state index contributed by atoms with van der Waals surface area (Å²) in [6.07, 6.45) is 1.18. The molecule has 1 fully saturated rings. The molecule has 3 atom stereocenters. The second-order valence-corrected chi connectivity index (χ2v) is 9.12. The van der Waals surface area contributed by atoms with E-state index in [1.807, 2.05) is 23.9 Å². The molecule has 0 radical (unpaired) electrons. The van der Waals surface area contributed by atoms with Crippen molar-refractivity contribution >= 4 is 40.1 Å². The summed E-state index contributed by atoms with van der Waals surface area (Å²) in [5.74, 6) is 2.22. The summed E-state index contributed by atoms with van der Waals surface area (Å²) in [4.78, 5) is 12.0. The van der Waals surface area contributed by atoms with Crippen molar-refractivity contribution < 1.29 is 19.7 Å². The second kappa shape index (κ2) is 8.80. The number of hydrogen-bond acceptors (Lipinski definition) is 7. The average Bonchev–Trinajstić information content (AvgIpc) is 3.36. The number of hydrogen-bond donors (Lipinski definition) is 3. The van der Waals surface area contributed by atoms with Crippen LogP contribution in [0.5, 0.6) is 6.01 Å². The van der Waals surface area contributed by atoms with Gasteiger partial charge in [0, 0.05) is 11.3 Å². The van der Waals surface area contributed by atoms with E-state index in [0.717, 1.165) is 23.5 Å². The Kier molecular flexibility index (Phi) is 5.90. The van der Waals surface area contributed by atoms with Crippen molar-refractivity contribution in [3.63, 3.8) is 0 Å². The first-order valence-corrected chi connectivity index (χ1v) is 11.7. The van der Waals surface area contributed by atoms with Crippen LogP contribution in [0.15, 0.2) is 36.4 Å². The number of aliphatic hydroxyl groups is 2. The SMILES string of the molecule is OCC1OCC(Oc2nc3nc(-c4ccc(C5=CCSCC5)cc4)c(Cl)cc3[nH]2)C1O. The zero-order valence-electron chi connectivity index (χ0n) is 16.6. The van der Waals surface area contributed by atoms with Crippen molar-refractivity contribution in [1.82, 2.24) is 15.0 Å². The highest BCUT2D eigenvalue weighted by Crippen LogP contribution is 2.32. The molecule has 3 aromatic rings.